The van der Waals surface area contributed by atoms with E-state index in [-0.39, 0.29) is 17.0 Å². The summed E-state index contributed by atoms with van der Waals surface area (Å²) in [6.45, 7) is 4.23. The van der Waals surface area contributed by atoms with E-state index in [1.54, 1.807) is 0 Å². The molecule has 0 aromatic rings. The molecule has 4 rings (SSSR count). The van der Waals surface area contributed by atoms with Crippen molar-refractivity contribution in [2.45, 2.75) is 52.4 Å². The van der Waals surface area contributed by atoms with Crippen molar-refractivity contribution in [3.63, 3.8) is 0 Å². The zero-order valence-electron chi connectivity index (χ0n) is 13.4. The first-order valence-electron chi connectivity index (χ1n) is 8.57. The van der Waals surface area contributed by atoms with Crippen molar-refractivity contribution in [1.29, 1.82) is 0 Å². The molecule has 3 nitrogen and oxygen atoms in total. The van der Waals surface area contributed by atoms with Crippen LogP contribution in [-0.2, 0) is 9.59 Å². The summed E-state index contributed by atoms with van der Waals surface area (Å²) in [7, 11) is 0. The van der Waals surface area contributed by atoms with Gasteiger partial charge in [0.15, 0.2) is 5.78 Å². The highest BCUT2D eigenvalue weighted by molar-refractivity contribution is 5.99. The Morgan fingerprint density at radius 1 is 1.05 bits per heavy atom. The van der Waals surface area contributed by atoms with Crippen molar-refractivity contribution in [3.05, 3.63) is 23.5 Å². The fourth-order valence-electron chi connectivity index (χ4n) is 6.07. The normalized spacial score (nSPS) is 47.3. The Morgan fingerprint density at radius 2 is 1.82 bits per heavy atom. The molecule has 3 heteroatoms. The number of aliphatic hydroxyl groups excluding tert-OH is 1. The Labute approximate surface area is 131 Å². The van der Waals surface area contributed by atoms with E-state index < -0.39 is 5.41 Å². The first kappa shape index (κ1) is 14.2. The maximum Gasteiger partial charge on any atom is 0.169 e. The van der Waals surface area contributed by atoms with E-state index in [1.165, 1.54) is 6.08 Å². The number of ketones is 2. The summed E-state index contributed by atoms with van der Waals surface area (Å²) in [5.74, 6) is 1.86. The Morgan fingerprint density at radius 3 is 2.59 bits per heavy atom. The van der Waals surface area contributed by atoms with Gasteiger partial charge in [0.25, 0.3) is 0 Å². The molecule has 0 unspecified atom stereocenters. The van der Waals surface area contributed by atoms with E-state index in [0.29, 0.717) is 23.5 Å². The maximum atomic E-state index is 12.7. The van der Waals surface area contributed by atoms with Crippen LogP contribution in [0.1, 0.15) is 52.4 Å². The second kappa shape index (κ2) is 4.33. The van der Waals surface area contributed by atoms with Crippen molar-refractivity contribution in [1.82, 2.24) is 0 Å². The second-order valence-corrected chi connectivity index (χ2v) is 8.14. The number of fused-ring (bicyclic) bond motifs is 5. The summed E-state index contributed by atoms with van der Waals surface area (Å²) in [4.78, 5) is 25.1. The van der Waals surface area contributed by atoms with Crippen molar-refractivity contribution in [2.24, 2.45) is 28.6 Å². The molecule has 5 atom stereocenters. The fraction of sp³-hybridized carbons (Fsp3) is 0.684. The number of Topliss-reactive ketones (excluding diaryl/α,β-unsaturated/α-hetero) is 1. The van der Waals surface area contributed by atoms with E-state index in [4.69, 9.17) is 0 Å². The molecule has 0 aromatic heterocycles. The molecule has 0 spiro atoms. The molecule has 3 fully saturated rings. The number of rotatable bonds is 0. The molecule has 0 bridgehead atoms. The molecule has 0 radical (unpaired) electrons. The van der Waals surface area contributed by atoms with Gasteiger partial charge in [-0.1, -0.05) is 12.5 Å². The number of aliphatic hydroxyl groups is 1. The molecule has 4 aliphatic rings. The third kappa shape index (κ3) is 1.57. The Balaban J connectivity index is 1.74. The topological polar surface area (TPSA) is 54.4 Å². The Bertz CT molecular complexity index is 629. The van der Waals surface area contributed by atoms with Crippen molar-refractivity contribution < 1.29 is 14.7 Å². The van der Waals surface area contributed by atoms with Crippen LogP contribution in [0, 0.1) is 28.6 Å². The number of carbonyl (C=O) groups is 2. The van der Waals surface area contributed by atoms with Crippen LogP contribution in [0.2, 0.25) is 0 Å². The molecule has 0 saturated heterocycles. The van der Waals surface area contributed by atoms with Gasteiger partial charge in [-0.25, -0.2) is 0 Å². The highest BCUT2D eigenvalue weighted by Crippen LogP contribution is 2.63. The smallest absolute Gasteiger partial charge is 0.169 e. The van der Waals surface area contributed by atoms with Crippen molar-refractivity contribution >= 4 is 11.6 Å². The monoisotopic (exact) mass is 300 g/mol. The van der Waals surface area contributed by atoms with E-state index >= 15 is 0 Å². The van der Waals surface area contributed by atoms with Crippen molar-refractivity contribution in [3.8, 4) is 0 Å². The zero-order chi connectivity index (χ0) is 15.7. The van der Waals surface area contributed by atoms with E-state index in [1.807, 2.05) is 6.08 Å². The van der Waals surface area contributed by atoms with E-state index in [2.05, 4.69) is 13.8 Å². The molecule has 0 aromatic carbocycles. The summed E-state index contributed by atoms with van der Waals surface area (Å²) in [6, 6.07) is 0. The van der Waals surface area contributed by atoms with Gasteiger partial charge in [0.2, 0.25) is 0 Å². The highest BCUT2D eigenvalue weighted by atomic mass is 16.3. The largest absolute Gasteiger partial charge is 0.508 e. The van der Waals surface area contributed by atoms with Gasteiger partial charge in [0, 0.05) is 17.9 Å². The van der Waals surface area contributed by atoms with Gasteiger partial charge in [0.05, 0.1) is 5.41 Å². The molecule has 118 valence electrons. The van der Waals surface area contributed by atoms with Gasteiger partial charge in [-0.15, -0.1) is 0 Å². The molecule has 3 saturated carbocycles. The molecule has 22 heavy (non-hydrogen) atoms. The van der Waals surface area contributed by atoms with Crippen LogP contribution in [-0.4, -0.2) is 16.7 Å². The Hall–Kier alpha value is -1.38. The van der Waals surface area contributed by atoms with Gasteiger partial charge in [-0.3, -0.25) is 9.59 Å². The first-order chi connectivity index (χ1) is 10.4. The molecule has 0 aliphatic heterocycles. The lowest BCUT2D eigenvalue weighted by Gasteiger charge is -2.55. The summed E-state index contributed by atoms with van der Waals surface area (Å²) >= 11 is 0. The lowest BCUT2D eigenvalue weighted by atomic mass is 9.47. The van der Waals surface area contributed by atoms with Gasteiger partial charge < -0.3 is 5.11 Å². The predicted molar refractivity (Wildman–Crippen MR) is 83.2 cm³/mol. The van der Waals surface area contributed by atoms with Gasteiger partial charge in [0.1, 0.15) is 11.5 Å². The molecular formula is C19H24O3. The van der Waals surface area contributed by atoms with Crippen LogP contribution in [0.15, 0.2) is 23.5 Å². The summed E-state index contributed by atoms with van der Waals surface area (Å²) in [6.07, 6.45) is 8.74. The molecular weight excluding hydrogens is 276 g/mol. The third-order valence-electron chi connectivity index (χ3n) is 7.41. The van der Waals surface area contributed by atoms with Crippen LogP contribution in [0.5, 0.6) is 0 Å². The number of hydrogen-bond donors (Lipinski definition) is 1. The Kier molecular flexibility index (Phi) is 2.80. The lowest BCUT2D eigenvalue weighted by molar-refractivity contribution is -0.136. The average molecular weight is 300 g/mol. The highest BCUT2D eigenvalue weighted by Gasteiger charge is 2.60. The van der Waals surface area contributed by atoms with Crippen LogP contribution >= 0.6 is 0 Å². The summed E-state index contributed by atoms with van der Waals surface area (Å²) in [5, 5.41) is 9.77. The van der Waals surface area contributed by atoms with Gasteiger partial charge in [-0.2, -0.15) is 0 Å². The standard InChI is InChI=1S/C19H24O3/c1-18-8-7-15-13(14(18)5-6-16(18)21)4-3-11-9-12(20)10-17(22)19(11,15)2/h9-10,13-15,20H,3-8H2,1-2H3/t13-,14-,15-,18-,19-/m0/s1. The van der Waals surface area contributed by atoms with Gasteiger partial charge in [-0.05, 0) is 62.9 Å². The maximum absolute atomic E-state index is 12.7. The minimum Gasteiger partial charge on any atom is -0.508 e. The summed E-state index contributed by atoms with van der Waals surface area (Å²) < 4.78 is 0. The molecule has 1 N–H and O–H groups in total. The van der Waals surface area contributed by atoms with E-state index in [0.717, 1.165) is 44.1 Å². The van der Waals surface area contributed by atoms with Crippen LogP contribution < -0.4 is 0 Å². The molecule has 0 heterocycles. The van der Waals surface area contributed by atoms with Crippen LogP contribution in [0.4, 0.5) is 0 Å². The minimum atomic E-state index is -0.456. The predicted octanol–water partition coefficient (Wildman–Crippen LogP) is 3.75. The van der Waals surface area contributed by atoms with Crippen molar-refractivity contribution in [2.75, 3.05) is 0 Å². The third-order valence-corrected chi connectivity index (χ3v) is 7.41. The van der Waals surface area contributed by atoms with Gasteiger partial charge >= 0.3 is 0 Å². The SMILES string of the molecule is C[C@]12C(=O)C=C(O)C=C1CC[C@@H]1[C@@H]2CC[C@]2(C)C(=O)CC[C@@H]12. The second-order valence-electron chi connectivity index (χ2n) is 8.14. The molecule has 4 aliphatic carbocycles. The average Bonchev–Trinajstić information content (AvgIpc) is 2.77. The van der Waals surface area contributed by atoms with E-state index in [9.17, 15) is 14.7 Å². The number of carbonyl (C=O) groups excluding carboxylic acids is 2. The quantitative estimate of drug-likeness (QED) is 0.741. The molecule has 0 amide bonds. The van der Waals surface area contributed by atoms with Crippen LogP contribution in [0.25, 0.3) is 0 Å². The minimum absolute atomic E-state index is 0.0603. The zero-order valence-corrected chi connectivity index (χ0v) is 13.4. The fourth-order valence-corrected chi connectivity index (χ4v) is 6.07. The van der Waals surface area contributed by atoms with Crippen LogP contribution in [0.3, 0.4) is 0 Å². The number of hydrogen-bond acceptors (Lipinski definition) is 3. The number of allylic oxidation sites excluding steroid dienone is 3. The first-order valence-corrected chi connectivity index (χ1v) is 8.57. The summed E-state index contributed by atoms with van der Waals surface area (Å²) in [5.41, 5.74) is 0.503. The lowest BCUT2D eigenvalue weighted by Crippen LogP contribution is -2.52.